The molecule has 0 saturated carbocycles. The average Bonchev–Trinajstić information content (AvgIpc) is 2.35. The first-order chi connectivity index (χ1) is 9.15. The molecule has 7 nitrogen and oxygen atoms in total. The third kappa shape index (κ3) is 3.99. The van der Waals surface area contributed by atoms with Gasteiger partial charge in [-0.05, 0) is 24.5 Å². The summed E-state index contributed by atoms with van der Waals surface area (Å²) in [6, 6.07) is 3.53. The highest BCUT2D eigenvalue weighted by atomic mass is 32.2. The van der Waals surface area contributed by atoms with E-state index < -0.39 is 21.1 Å². The van der Waals surface area contributed by atoms with E-state index in [0.717, 1.165) is 6.07 Å². The number of non-ortho nitro benzene ring substituents is 1. The Kier molecular flexibility index (Phi) is 5.21. The predicted octanol–water partition coefficient (Wildman–Crippen LogP) is 1.20. The van der Waals surface area contributed by atoms with Gasteiger partial charge in [-0.3, -0.25) is 10.1 Å². The second-order valence-electron chi connectivity index (χ2n) is 4.87. The number of nitro groups is 1. The normalized spacial score (nSPS) is 13.4. The zero-order chi connectivity index (χ0) is 15.5. The van der Waals surface area contributed by atoms with Gasteiger partial charge in [0.2, 0.25) is 10.0 Å². The minimum Gasteiger partial charge on any atom is -0.391 e. The average molecular weight is 302 g/mol. The molecule has 0 aliphatic carbocycles. The fourth-order valence-electron chi connectivity index (χ4n) is 1.56. The third-order valence-corrected chi connectivity index (χ3v) is 4.49. The van der Waals surface area contributed by atoms with Crippen LogP contribution in [0.1, 0.15) is 19.4 Å². The summed E-state index contributed by atoms with van der Waals surface area (Å²) < 4.78 is 26.4. The summed E-state index contributed by atoms with van der Waals surface area (Å²) in [7, 11) is -3.79. The summed E-state index contributed by atoms with van der Waals surface area (Å²) in [6.45, 7) is 4.93. The number of aliphatic hydroxyl groups is 1. The molecular weight excluding hydrogens is 284 g/mol. The monoisotopic (exact) mass is 302 g/mol. The van der Waals surface area contributed by atoms with Crippen molar-refractivity contribution in [3.8, 4) is 0 Å². The molecule has 0 aliphatic heterocycles. The van der Waals surface area contributed by atoms with E-state index in [0.29, 0.717) is 0 Å². The molecule has 0 fully saturated rings. The number of aryl methyl sites for hydroxylation is 1. The van der Waals surface area contributed by atoms with Gasteiger partial charge in [-0.15, -0.1) is 0 Å². The number of hydrogen-bond donors (Lipinski definition) is 2. The topological polar surface area (TPSA) is 110 Å². The van der Waals surface area contributed by atoms with Gasteiger partial charge in [-0.1, -0.05) is 13.8 Å². The lowest BCUT2D eigenvalue weighted by atomic mass is 10.1. The number of nitrogens with one attached hydrogen (secondary N) is 1. The summed E-state index contributed by atoms with van der Waals surface area (Å²) >= 11 is 0. The Morgan fingerprint density at radius 1 is 1.40 bits per heavy atom. The summed E-state index contributed by atoms with van der Waals surface area (Å²) in [6.07, 6.45) is -0.789. The third-order valence-electron chi connectivity index (χ3n) is 2.91. The van der Waals surface area contributed by atoms with E-state index >= 15 is 0 Å². The van der Waals surface area contributed by atoms with E-state index in [1.807, 2.05) is 0 Å². The highest BCUT2D eigenvalue weighted by Gasteiger charge is 2.21. The van der Waals surface area contributed by atoms with E-state index in [2.05, 4.69) is 4.72 Å². The molecule has 0 heterocycles. The lowest BCUT2D eigenvalue weighted by Crippen LogP contribution is -2.35. The highest BCUT2D eigenvalue weighted by Crippen LogP contribution is 2.21. The van der Waals surface area contributed by atoms with Gasteiger partial charge in [-0.2, -0.15) is 0 Å². The maximum atomic E-state index is 12.1. The smallest absolute Gasteiger partial charge is 0.269 e. The van der Waals surface area contributed by atoms with Crippen molar-refractivity contribution in [3.05, 3.63) is 33.9 Å². The number of nitrogens with zero attached hydrogens (tertiary/aromatic N) is 1. The molecule has 112 valence electrons. The van der Waals surface area contributed by atoms with Crippen molar-refractivity contribution in [3.63, 3.8) is 0 Å². The van der Waals surface area contributed by atoms with Crippen molar-refractivity contribution >= 4 is 15.7 Å². The molecule has 8 heteroatoms. The van der Waals surface area contributed by atoms with Gasteiger partial charge >= 0.3 is 0 Å². The molecule has 0 saturated heterocycles. The molecule has 1 unspecified atom stereocenters. The number of aliphatic hydroxyl groups excluding tert-OH is 1. The molecule has 2 N–H and O–H groups in total. The van der Waals surface area contributed by atoms with Gasteiger partial charge in [0.1, 0.15) is 0 Å². The number of rotatable bonds is 6. The Bertz CT molecular complexity index is 598. The first-order valence-electron chi connectivity index (χ1n) is 6.08. The van der Waals surface area contributed by atoms with Crippen LogP contribution in [0.4, 0.5) is 5.69 Å². The van der Waals surface area contributed by atoms with Crippen LogP contribution in [0.3, 0.4) is 0 Å². The van der Waals surface area contributed by atoms with Crippen LogP contribution in [0.25, 0.3) is 0 Å². The van der Waals surface area contributed by atoms with E-state index in [9.17, 15) is 23.6 Å². The number of benzene rings is 1. The Labute approximate surface area is 117 Å². The van der Waals surface area contributed by atoms with Crippen LogP contribution in [0.5, 0.6) is 0 Å². The first kappa shape index (κ1) is 16.5. The van der Waals surface area contributed by atoms with Crippen LogP contribution in [0.15, 0.2) is 23.1 Å². The van der Waals surface area contributed by atoms with Crippen molar-refractivity contribution in [2.75, 3.05) is 6.54 Å². The van der Waals surface area contributed by atoms with Crippen LogP contribution >= 0.6 is 0 Å². The molecule has 1 atom stereocenters. The van der Waals surface area contributed by atoms with Crippen molar-refractivity contribution in [1.82, 2.24) is 4.72 Å². The lowest BCUT2D eigenvalue weighted by molar-refractivity contribution is -0.385. The summed E-state index contributed by atoms with van der Waals surface area (Å²) in [5, 5.41) is 20.2. The van der Waals surface area contributed by atoms with Gasteiger partial charge in [0.15, 0.2) is 0 Å². The van der Waals surface area contributed by atoms with Gasteiger partial charge in [0, 0.05) is 18.7 Å². The number of hydrogen-bond acceptors (Lipinski definition) is 5. The first-order valence-corrected chi connectivity index (χ1v) is 7.56. The summed E-state index contributed by atoms with van der Waals surface area (Å²) in [4.78, 5) is 10.00. The highest BCUT2D eigenvalue weighted by molar-refractivity contribution is 7.89. The second kappa shape index (κ2) is 6.29. The molecule has 0 amide bonds. The minimum atomic E-state index is -3.79. The maximum absolute atomic E-state index is 12.1. The summed E-state index contributed by atoms with van der Waals surface area (Å²) in [5.74, 6) is -0.0735. The standard InChI is InChI=1S/C12H18N2O5S/c1-8(2)11(15)7-13-20(18,19)12-5-4-10(14(16)17)6-9(12)3/h4-6,8,11,13,15H,7H2,1-3H3. The fraction of sp³-hybridized carbons (Fsp3) is 0.500. The van der Waals surface area contributed by atoms with Crippen molar-refractivity contribution in [1.29, 1.82) is 0 Å². The molecule has 0 spiro atoms. The van der Waals surface area contributed by atoms with E-state index in [4.69, 9.17) is 0 Å². The van der Waals surface area contributed by atoms with Crippen LogP contribution in [0.2, 0.25) is 0 Å². The molecule has 20 heavy (non-hydrogen) atoms. The Morgan fingerprint density at radius 2 is 2.00 bits per heavy atom. The predicted molar refractivity (Wildman–Crippen MR) is 73.9 cm³/mol. The van der Waals surface area contributed by atoms with Crippen molar-refractivity contribution < 1.29 is 18.4 Å². The zero-order valence-corrected chi connectivity index (χ0v) is 12.3. The van der Waals surface area contributed by atoms with Crippen LogP contribution in [-0.4, -0.2) is 31.1 Å². The number of nitro benzene ring substituents is 1. The van der Waals surface area contributed by atoms with Gasteiger partial charge in [-0.25, -0.2) is 13.1 Å². The van der Waals surface area contributed by atoms with E-state index in [1.54, 1.807) is 13.8 Å². The zero-order valence-electron chi connectivity index (χ0n) is 11.5. The van der Waals surface area contributed by atoms with Gasteiger partial charge in [0.25, 0.3) is 5.69 Å². The molecule has 0 aromatic heterocycles. The van der Waals surface area contributed by atoms with Gasteiger partial charge < -0.3 is 5.11 Å². The molecule has 0 aliphatic rings. The van der Waals surface area contributed by atoms with Gasteiger partial charge in [0.05, 0.1) is 15.9 Å². The van der Waals surface area contributed by atoms with Crippen molar-refractivity contribution in [2.24, 2.45) is 5.92 Å². The second-order valence-corrected chi connectivity index (χ2v) is 6.61. The van der Waals surface area contributed by atoms with E-state index in [-0.39, 0.29) is 28.6 Å². The molecule has 1 aromatic carbocycles. The van der Waals surface area contributed by atoms with Crippen LogP contribution < -0.4 is 4.72 Å². The quantitative estimate of drug-likeness (QED) is 0.606. The number of sulfonamides is 1. The fourth-order valence-corrected chi connectivity index (χ4v) is 2.83. The lowest BCUT2D eigenvalue weighted by Gasteiger charge is -2.15. The maximum Gasteiger partial charge on any atom is 0.269 e. The Balaban J connectivity index is 2.96. The molecule has 1 rings (SSSR count). The largest absolute Gasteiger partial charge is 0.391 e. The van der Waals surface area contributed by atoms with Crippen LogP contribution in [-0.2, 0) is 10.0 Å². The molecule has 1 aromatic rings. The van der Waals surface area contributed by atoms with Crippen LogP contribution in [0, 0.1) is 23.0 Å². The summed E-state index contributed by atoms with van der Waals surface area (Å²) in [5.41, 5.74) is 0.120. The Hall–Kier alpha value is -1.51. The molecule has 0 radical (unpaired) electrons. The SMILES string of the molecule is Cc1cc([N+](=O)[O-])ccc1S(=O)(=O)NCC(O)C(C)C. The molecular formula is C12H18N2O5S. The van der Waals surface area contributed by atoms with Crippen molar-refractivity contribution in [2.45, 2.75) is 31.8 Å². The molecule has 0 bridgehead atoms. The minimum absolute atomic E-state index is 0.0287. The van der Waals surface area contributed by atoms with E-state index in [1.165, 1.54) is 19.1 Å². The Morgan fingerprint density at radius 3 is 2.45 bits per heavy atom.